The molecule has 1 saturated carbocycles. The van der Waals surface area contributed by atoms with Gasteiger partial charge in [-0.2, -0.15) is 4.98 Å². The molecule has 4 heterocycles. The first-order valence-corrected chi connectivity index (χ1v) is 13.7. The monoisotopic (exact) mass is 548 g/mol. The Kier molecular flexibility index (Phi) is 7.35. The van der Waals surface area contributed by atoms with Gasteiger partial charge in [-0.15, -0.1) is 5.10 Å². The van der Waals surface area contributed by atoms with Crippen molar-refractivity contribution in [2.45, 2.75) is 38.3 Å². The van der Waals surface area contributed by atoms with Crippen molar-refractivity contribution in [1.82, 2.24) is 29.5 Å². The Morgan fingerprint density at radius 1 is 1.05 bits per heavy atom. The van der Waals surface area contributed by atoms with Crippen LogP contribution in [-0.4, -0.2) is 76.3 Å². The van der Waals surface area contributed by atoms with Crippen LogP contribution in [0.1, 0.15) is 31.4 Å². The molecule has 40 heavy (non-hydrogen) atoms. The third-order valence-electron chi connectivity index (χ3n) is 7.64. The van der Waals surface area contributed by atoms with Crippen LogP contribution >= 0.6 is 0 Å². The van der Waals surface area contributed by atoms with Gasteiger partial charge in [0, 0.05) is 25.2 Å². The summed E-state index contributed by atoms with van der Waals surface area (Å²) in [5.74, 6) is 4.30. The molecule has 3 aromatic heterocycles. The van der Waals surface area contributed by atoms with E-state index in [-0.39, 0.29) is 12.6 Å². The normalized spacial score (nSPS) is 17.0. The average molecular weight is 549 g/mol. The highest BCUT2D eigenvalue weighted by molar-refractivity contribution is 5.74. The number of hydrogen-bond acceptors (Lipinski definition) is 10. The van der Waals surface area contributed by atoms with Gasteiger partial charge < -0.3 is 39.4 Å². The van der Waals surface area contributed by atoms with Gasteiger partial charge in [0.2, 0.25) is 11.7 Å². The fourth-order valence-corrected chi connectivity index (χ4v) is 5.27. The quantitative estimate of drug-likeness (QED) is 0.243. The number of methoxy groups -OCH3 is 3. The van der Waals surface area contributed by atoms with E-state index in [1.807, 2.05) is 33.5 Å². The Labute approximate surface area is 232 Å². The van der Waals surface area contributed by atoms with E-state index < -0.39 is 0 Å². The second-order valence-electron chi connectivity index (χ2n) is 10.3. The second kappa shape index (κ2) is 11.2. The van der Waals surface area contributed by atoms with Gasteiger partial charge in [-0.05, 0) is 50.3 Å². The molecule has 0 amide bonds. The zero-order valence-corrected chi connectivity index (χ0v) is 23.1. The number of aromatic nitrogens is 5. The zero-order valence-electron chi connectivity index (χ0n) is 23.1. The lowest BCUT2D eigenvalue weighted by atomic mass is 10.2. The number of nitrogens with one attached hydrogen (secondary N) is 2. The minimum Gasteiger partial charge on any atom is -0.493 e. The molecule has 6 rings (SSSR count). The van der Waals surface area contributed by atoms with E-state index in [4.69, 9.17) is 24.3 Å². The summed E-state index contributed by atoms with van der Waals surface area (Å²) in [7, 11) is 4.76. The number of hydrogen-bond donors (Lipinski definition) is 3. The van der Waals surface area contributed by atoms with Crippen LogP contribution in [0.2, 0.25) is 0 Å². The number of ether oxygens (including phenoxy) is 3. The van der Waals surface area contributed by atoms with Gasteiger partial charge in [-0.1, -0.05) is 0 Å². The van der Waals surface area contributed by atoms with E-state index in [1.54, 1.807) is 27.7 Å². The minimum atomic E-state index is 0.0107. The maximum absolute atomic E-state index is 9.95. The molecule has 12 heteroatoms. The molecule has 0 bridgehead atoms. The molecule has 1 saturated heterocycles. The highest BCUT2D eigenvalue weighted by Gasteiger charge is 2.28. The molecule has 1 aliphatic heterocycles. The topological polar surface area (TPSA) is 123 Å². The van der Waals surface area contributed by atoms with Crippen molar-refractivity contribution < 1.29 is 19.3 Å². The standard InChI is InChI=1S/C28H36N8O4/c1-38-23-11-21(12-24(39-2)26(23)40-3)34-15-25(30-17-34)31-27-22-9-8-19(14-29-13-18-6-7-18)36(22)33-28(32-27)35-10-4-5-20(35)16-37/h8-9,11-12,15,17-18,20,29,37H,4-7,10,13-14,16H2,1-3H3,(H,31,32,33). The summed E-state index contributed by atoms with van der Waals surface area (Å²) in [4.78, 5) is 11.6. The van der Waals surface area contributed by atoms with Crippen LogP contribution in [0, 0.1) is 5.92 Å². The molecule has 212 valence electrons. The van der Waals surface area contributed by atoms with Gasteiger partial charge in [0.25, 0.3) is 0 Å². The molecule has 1 unspecified atom stereocenters. The number of anilines is 3. The first-order valence-electron chi connectivity index (χ1n) is 13.7. The van der Waals surface area contributed by atoms with Crippen LogP contribution < -0.4 is 29.7 Å². The SMILES string of the molecule is COc1cc(-n2cnc(Nc3nc(N4CCCC4CO)nn4c(CNCC5CC5)ccc34)c2)cc(OC)c1OC. The lowest BCUT2D eigenvalue weighted by Gasteiger charge is -2.23. The Morgan fingerprint density at radius 3 is 2.55 bits per heavy atom. The lowest BCUT2D eigenvalue weighted by molar-refractivity contribution is 0.265. The highest BCUT2D eigenvalue weighted by Crippen LogP contribution is 2.39. The van der Waals surface area contributed by atoms with E-state index >= 15 is 0 Å². The summed E-state index contributed by atoms with van der Waals surface area (Å²) in [6.07, 6.45) is 8.13. The van der Waals surface area contributed by atoms with Crippen molar-refractivity contribution in [1.29, 1.82) is 0 Å². The number of imidazole rings is 1. The lowest BCUT2D eigenvalue weighted by Crippen LogP contribution is -2.34. The van der Waals surface area contributed by atoms with E-state index in [0.29, 0.717) is 34.8 Å². The molecule has 4 aromatic rings. The van der Waals surface area contributed by atoms with Crippen LogP contribution in [0.5, 0.6) is 17.2 Å². The van der Waals surface area contributed by atoms with E-state index in [9.17, 15) is 5.11 Å². The molecular formula is C28H36N8O4. The predicted molar refractivity (Wildman–Crippen MR) is 151 cm³/mol. The van der Waals surface area contributed by atoms with Crippen molar-refractivity contribution in [3.05, 3.63) is 42.5 Å². The Bertz CT molecular complexity index is 1460. The summed E-state index contributed by atoms with van der Waals surface area (Å²) in [6, 6.07) is 7.86. The molecule has 1 atom stereocenters. The summed E-state index contributed by atoms with van der Waals surface area (Å²) in [5.41, 5.74) is 2.72. The number of fused-ring (bicyclic) bond motifs is 1. The number of aliphatic hydroxyl groups is 1. The van der Waals surface area contributed by atoms with Crippen LogP contribution in [0.4, 0.5) is 17.6 Å². The molecule has 1 aliphatic carbocycles. The number of aliphatic hydroxyl groups excluding tert-OH is 1. The molecule has 12 nitrogen and oxygen atoms in total. The van der Waals surface area contributed by atoms with Gasteiger partial charge >= 0.3 is 0 Å². The Morgan fingerprint density at radius 2 is 1.85 bits per heavy atom. The van der Waals surface area contributed by atoms with E-state index in [1.165, 1.54) is 12.8 Å². The largest absolute Gasteiger partial charge is 0.493 e. The third kappa shape index (κ3) is 5.11. The van der Waals surface area contributed by atoms with E-state index in [2.05, 4.69) is 26.6 Å². The third-order valence-corrected chi connectivity index (χ3v) is 7.64. The second-order valence-corrected chi connectivity index (χ2v) is 10.3. The summed E-state index contributed by atoms with van der Waals surface area (Å²) in [6.45, 7) is 2.63. The minimum absolute atomic E-state index is 0.0107. The highest BCUT2D eigenvalue weighted by atomic mass is 16.5. The maximum Gasteiger partial charge on any atom is 0.245 e. The molecule has 0 radical (unpaired) electrons. The average Bonchev–Trinajstić information content (AvgIpc) is 3.33. The fraction of sp³-hybridized carbons (Fsp3) is 0.464. The van der Waals surface area contributed by atoms with Gasteiger partial charge in [0.05, 0.1) is 51.6 Å². The van der Waals surface area contributed by atoms with Crippen LogP contribution in [0.25, 0.3) is 11.2 Å². The fourth-order valence-electron chi connectivity index (χ4n) is 5.27. The molecule has 1 aromatic carbocycles. The zero-order chi connectivity index (χ0) is 27.6. The molecule has 2 fully saturated rings. The van der Waals surface area contributed by atoms with Crippen molar-refractivity contribution in [2.24, 2.45) is 5.92 Å². The van der Waals surface area contributed by atoms with Crippen LogP contribution in [-0.2, 0) is 6.54 Å². The van der Waals surface area contributed by atoms with Crippen LogP contribution in [0.3, 0.4) is 0 Å². The summed E-state index contributed by atoms with van der Waals surface area (Å²) >= 11 is 0. The van der Waals surface area contributed by atoms with Crippen LogP contribution in [0.15, 0.2) is 36.8 Å². The summed E-state index contributed by atoms with van der Waals surface area (Å²) in [5, 5.41) is 21.8. The first-order chi connectivity index (χ1) is 19.6. The maximum atomic E-state index is 9.95. The Balaban J connectivity index is 1.33. The molecule has 2 aliphatic rings. The number of rotatable bonds is 12. The van der Waals surface area contributed by atoms with Gasteiger partial charge in [0.15, 0.2) is 17.3 Å². The van der Waals surface area contributed by atoms with Crippen molar-refractivity contribution in [3.8, 4) is 22.9 Å². The Hall–Kier alpha value is -4.03. The van der Waals surface area contributed by atoms with E-state index in [0.717, 1.165) is 55.3 Å². The van der Waals surface area contributed by atoms with Crippen molar-refractivity contribution in [3.63, 3.8) is 0 Å². The molecular weight excluding hydrogens is 512 g/mol. The molecule has 0 spiro atoms. The van der Waals surface area contributed by atoms with Gasteiger partial charge in [0.1, 0.15) is 17.7 Å². The smallest absolute Gasteiger partial charge is 0.245 e. The number of nitrogens with zero attached hydrogens (tertiary/aromatic N) is 6. The number of benzene rings is 1. The van der Waals surface area contributed by atoms with Crippen molar-refractivity contribution in [2.75, 3.05) is 51.2 Å². The first kappa shape index (κ1) is 26.2. The molecule has 3 N–H and O–H groups in total. The van der Waals surface area contributed by atoms with Gasteiger partial charge in [-0.3, -0.25) is 0 Å². The van der Waals surface area contributed by atoms with Crippen molar-refractivity contribution >= 4 is 23.1 Å². The predicted octanol–water partition coefficient (Wildman–Crippen LogP) is 3.15. The van der Waals surface area contributed by atoms with Gasteiger partial charge in [-0.25, -0.2) is 9.50 Å². The summed E-state index contributed by atoms with van der Waals surface area (Å²) < 4.78 is 20.3.